The molecular formula is C11H21ClO2. The van der Waals surface area contributed by atoms with Crippen LogP contribution in [0.2, 0.25) is 0 Å². The van der Waals surface area contributed by atoms with Crippen LogP contribution in [-0.4, -0.2) is 32.3 Å². The predicted octanol–water partition coefficient (Wildman–Crippen LogP) is 2.84. The van der Waals surface area contributed by atoms with E-state index >= 15 is 0 Å². The number of halogens is 1. The third kappa shape index (κ3) is 5.84. The Balaban J connectivity index is 1.75. The summed E-state index contributed by atoms with van der Waals surface area (Å²) in [6.07, 6.45) is 5.86. The Morgan fingerprint density at radius 3 is 2.57 bits per heavy atom. The summed E-state index contributed by atoms with van der Waals surface area (Å²) in [5.74, 6) is 0.810. The van der Waals surface area contributed by atoms with Crippen molar-refractivity contribution < 1.29 is 9.47 Å². The second-order valence-corrected chi connectivity index (χ2v) is 4.51. The number of methoxy groups -OCH3 is 1. The molecule has 1 aliphatic carbocycles. The van der Waals surface area contributed by atoms with Crippen LogP contribution >= 0.6 is 11.6 Å². The van der Waals surface area contributed by atoms with Gasteiger partial charge in [-0.2, -0.15) is 0 Å². The lowest BCUT2D eigenvalue weighted by Crippen LogP contribution is -2.05. The molecule has 0 radical (unpaired) electrons. The highest BCUT2D eigenvalue weighted by atomic mass is 35.5. The highest BCUT2D eigenvalue weighted by Crippen LogP contribution is 2.37. The molecule has 1 aliphatic rings. The smallest absolute Gasteiger partial charge is 0.0487 e. The van der Waals surface area contributed by atoms with Crippen LogP contribution in [0.4, 0.5) is 0 Å². The van der Waals surface area contributed by atoms with Gasteiger partial charge >= 0.3 is 0 Å². The number of ether oxygens (including phenoxy) is 2. The Hall–Kier alpha value is 0.210. The fraction of sp³-hybridized carbons (Fsp3) is 1.00. The third-order valence-corrected chi connectivity index (χ3v) is 3.11. The van der Waals surface area contributed by atoms with Crippen LogP contribution in [0.15, 0.2) is 0 Å². The summed E-state index contributed by atoms with van der Waals surface area (Å²) in [5, 5.41) is 0.401. The summed E-state index contributed by atoms with van der Waals surface area (Å²) in [6.45, 7) is 2.45. The van der Waals surface area contributed by atoms with Crippen LogP contribution in [0, 0.1) is 5.92 Å². The molecule has 0 spiro atoms. The normalized spacial score (nSPS) is 18.4. The highest BCUT2D eigenvalue weighted by Gasteiger charge is 2.28. The zero-order valence-corrected chi connectivity index (χ0v) is 9.76. The Morgan fingerprint density at radius 2 is 1.93 bits per heavy atom. The maximum atomic E-state index is 6.17. The summed E-state index contributed by atoms with van der Waals surface area (Å²) in [6, 6.07) is 0. The van der Waals surface area contributed by atoms with Crippen LogP contribution < -0.4 is 0 Å². The van der Waals surface area contributed by atoms with E-state index in [0.717, 1.165) is 45.0 Å². The van der Waals surface area contributed by atoms with Crippen LogP contribution in [0.5, 0.6) is 0 Å². The maximum absolute atomic E-state index is 6.17. The summed E-state index contributed by atoms with van der Waals surface area (Å²) < 4.78 is 10.4. The van der Waals surface area contributed by atoms with Crippen LogP contribution in [-0.2, 0) is 9.47 Å². The molecule has 0 N–H and O–H groups in total. The SMILES string of the molecule is COCCCOCCCC(Cl)C1CC1. The second-order valence-electron chi connectivity index (χ2n) is 3.95. The average Bonchev–Trinajstić information content (AvgIpc) is 2.99. The molecule has 0 saturated heterocycles. The molecule has 2 nitrogen and oxygen atoms in total. The molecule has 1 atom stereocenters. The molecule has 84 valence electrons. The summed E-state index contributed by atoms with van der Waals surface area (Å²) in [5.41, 5.74) is 0. The van der Waals surface area contributed by atoms with Crippen molar-refractivity contribution in [2.45, 2.75) is 37.5 Å². The monoisotopic (exact) mass is 220 g/mol. The Bertz CT molecular complexity index is 137. The van der Waals surface area contributed by atoms with Gasteiger partial charge < -0.3 is 9.47 Å². The van der Waals surface area contributed by atoms with Gasteiger partial charge in [-0.05, 0) is 38.0 Å². The first kappa shape index (κ1) is 12.3. The van der Waals surface area contributed by atoms with Gasteiger partial charge in [0.1, 0.15) is 0 Å². The highest BCUT2D eigenvalue weighted by molar-refractivity contribution is 6.20. The molecule has 0 aromatic carbocycles. The standard InChI is InChI=1S/C11H21ClO2/c1-13-7-3-9-14-8-2-4-11(12)10-5-6-10/h10-11H,2-9H2,1H3. The van der Waals surface area contributed by atoms with Gasteiger partial charge in [0, 0.05) is 32.3 Å². The van der Waals surface area contributed by atoms with Gasteiger partial charge in [-0.15, -0.1) is 11.6 Å². The van der Waals surface area contributed by atoms with E-state index in [4.69, 9.17) is 21.1 Å². The number of rotatable bonds is 9. The van der Waals surface area contributed by atoms with E-state index in [-0.39, 0.29) is 0 Å². The van der Waals surface area contributed by atoms with Crippen molar-refractivity contribution in [2.24, 2.45) is 5.92 Å². The fourth-order valence-corrected chi connectivity index (χ4v) is 1.89. The quantitative estimate of drug-likeness (QED) is 0.440. The first-order valence-corrected chi connectivity index (χ1v) is 5.99. The van der Waals surface area contributed by atoms with Crippen molar-refractivity contribution in [1.82, 2.24) is 0 Å². The van der Waals surface area contributed by atoms with Gasteiger partial charge in [0.05, 0.1) is 0 Å². The lowest BCUT2D eigenvalue weighted by molar-refractivity contribution is 0.100. The van der Waals surface area contributed by atoms with Crippen molar-refractivity contribution in [2.75, 3.05) is 26.9 Å². The second kappa shape index (κ2) is 7.49. The molecular weight excluding hydrogens is 200 g/mol. The first-order valence-electron chi connectivity index (χ1n) is 5.55. The Kier molecular flexibility index (Phi) is 6.57. The molecule has 3 heteroatoms. The molecule has 0 aromatic heterocycles. The van der Waals surface area contributed by atoms with Crippen molar-refractivity contribution in [3.8, 4) is 0 Å². The molecule has 1 fully saturated rings. The number of hydrogen-bond donors (Lipinski definition) is 0. The molecule has 0 heterocycles. The van der Waals surface area contributed by atoms with E-state index in [0.29, 0.717) is 5.38 Å². The Labute approximate surface area is 91.9 Å². The summed E-state index contributed by atoms with van der Waals surface area (Å²) in [7, 11) is 1.72. The predicted molar refractivity (Wildman–Crippen MR) is 58.9 cm³/mol. The van der Waals surface area contributed by atoms with Gasteiger partial charge in [0.25, 0.3) is 0 Å². The number of hydrogen-bond acceptors (Lipinski definition) is 2. The van der Waals surface area contributed by atoms with Crippen molar-refractivity contribution >= 4 is 11.6 Å². The lowest BCUT2D eigenvalue weighted by Gasteiger charge is -2.07. The topological polar surface area (TPSA) is 18.5 Å². The lowest BCUT2D eigenvalue weighted by atomic mass is 10.2. The molecule has 0 amide bonds. The molecule has 0 bridgehead atoms. The third-order valence-electron chi connectivity index (χ3n) is 2.54. The minimum Gasteiger partial charge on any atom is -0.385 e. The van der Waals surface area contributed by atoms with Crippen LogP contribution in [0.3, 0.4) is 0 Å². The van der Waals surface area contributed by atoms with Gasteiger partial charge in [0.2, 0.25) is 0 Å². The largest absolute Gasteiger partial charge is 0.385 e. The van der Waals surface area contributed by atoms with Gasteiger partial charge in [-0.1, -0.05) is 0 Å². The van der Waals surface area contributed by atoms with E-state index < -0.39 is 0 Å². The molecule has 0 aromatic rings. The first-order chi connectivity index (χ1) is 6.84. The summed E-state index contributed by atoms with van der Waals surface area (Å²) in [4.78, 5) is 0. The molecule has 1 unspecified atom stereocenters. The van der Waals surface area contributed by atoms with Crippen molar-refractivity contribution in [3.63, 3.8) is 0 Å². The van der Waals surface area contributed by atoms with E-state index in [2.05, 4.69) is 0 Å². The zero-order valence-electron chi connectivity index (χ0n) is 9.01. The fourth-order valence-electron chi connectivity index (χ4n) is 1.48. The minimum absolute atomic E-state index is 0.401. The van der Waals surface area contributed by atoms with E-state index in [1.807, 2.05) is 0 Å². The molecule has 0 aliphatic heterocycles. The zero-order chi connectivity index (χ0) is 10.2. The van der Waals surface area contributed by atoms with E-state index in [9.17, 15) is 0 Å². The number of alkyl halides is 1. The minimum atomic E-state index is 0.401. The molecule has 14 heavy (non-hydrogen) atoms. The Morgan fingerprint density at radius 1 is 1.21 bits per heavy atom. The molecule has 1 saturated carbocycles. The summed E-state index contributed by atoms with van der Waals surface area (Å²) >= 11 is 6.17. The maximum Gasteiger partial charge on any atom is 0.0487 e. The molecule has 1 rings (SSSR count). The van der Waals surface area contributed by atoms with Gasteiger partial charge in [-0.3, -0.25) is 0 Å². The van der Waals surface area contributed by atoms with Crippen LogP contribution in [0.25, 0.3) is 0 Å². The van der Waals surface area contributed by atoms with Gasteiger partial charge in [-0.25, -0.2) is 0 Å². The van der Waals surface area contributed by atoms with E-state index in [1.54, 1.807) is 7.11 Å². The van der Waals surface area contributed by atoms with Crippen molar-refractivity contribution in [1.29, 1.82) is 0 Å². The van der Waals surface area contributed by atoms with Crippen molar-refractivity contribution in [3.05, 3.63) is 0 Å². The average molecular weight is 221 g/mol. The van der Waals surface area contributed by atoms with E-state index in [1.165, 1.54) is 12.8 Å². The van der Waals surface area contributed by atoms with Gasteiger partial charge in [0.15, 0.2) is 0 Å². The van der Waals surface area contributed by atoms with Crippen LogP contribution in [0.1, 0.15) is 32.1 Å².